The first-order valence-electron chi connectivity index (χ1n) is 6.00. The van der Waals surface area contributed by atoms with Gasteiger partial charge < -0.3 is 10.4 Å². The summed E-state index contributed by atoms with van der Waals surface area (Å²) < 4.78 is 0. The lowest BCUT2D eigenvalue weighted by Crippen LogP contribution is -2.47. The van der Waals surface area contributed by atoms with E-state index in [0.717, 1.165) is 43.9 Å². The molecule has 2 heterocycles. The number of likely N-dealkylation sites (tertiary alicyclic amines) is 1. The van der Waals surface area contributed by atoms with Gasteiger partial charge in [-0.15, -0.1) is 0 Å². The Labute approximate surface area is 85.5 Å². The average molecular weight is 196 g/mol. The van der Waals surface area contributed by atoms with Crippen molar-refractivity contribution in [2.75, 3.05) is 19.6 Å². The van der Waals surface area contributed by atoms with Gasteiger partial charge in [-0.25, -0.2) is 0 Å². The number of hydrogen-bond acceptors (Lipinski definition) is 3. The molecule has 3 rings (SSSR count). The molecule has 3 heteroatoms. The molecule has 3 unspecified atom stereocenters. The van der Waals surface area contributed by atoms with Gasteiger partial charge in [-0.3, -0.25) is 4.90 Å². The molecule has 0 amide bonds. The maximum absolute atomic E-state index is 9.47. The predicted octanol–water partition coefficient (Wildman–Crippen LogP) is 0.194. The normalized spacial score (nSPS) is 44.8. The first kappa shape index (κ1) is 9.13. The highest BCUT2D eigenvalue weighted by Crippen LogP contribution is 2.36. The van der Waals surface area contributed by atoms with Crippen molar-refractivity contribution in [2.45, 2.75) is 43.9 Å². The van der Waals surface area contributed by atoms with Gasteiger partial charge in [0.1, 0.15) is 0 Å². The third-order valence-corrected chi connectivity index (χ3v) is 4.31. The summed E-state index contributed by atoms with van der Waals surface area (Å²) in [5.74, 6) is 0.898. The second-order valence-corrected chi connectivity index (χ2v) is 5.11. The summed E-state index contributed by atoms with van der Waals surface area (Å²) in [6, 6.07) is 1.55. The van der Waals surface area contributed by atoms with Crippen molar-refractivity contribution in [1.29, 1.82) is 0 Å². The van der Waals surface area contributed by atoms with E-state index in [2.05, 4.69) is 10.2 Å². The van der Waals surface area contributed by atoms with Crippen LogP contribution < -0.4 is 5.32 Å². The van der Waals surface area contributed by atoms with E-state index in [1.54, 1.807) is 0 Å². The molecule has 0 aromatic heterocycles. The van der Waals surface area contributed by atoms with Crippen molar-refractivity contribution in [3.05, 3.63) is 0 Å². The van der Waals surface area contributed by atoms with Crippen LogP contribution in [0.1, 0.15) is 25.7 Å². The molecule has 3 fully saturated rings. The van der Waals surface area contributed by atoms with Crippen molar-refractivity contribution < 1.29 is 5.11 Å². The lowest BCUT2D eigenvalue weighted by atomic mass is 10.00. The minimum Gasteiger partial charge on any atom is -0.393 e. The molecule has 14 heavy (non-hydrogen) atoms. The van der Waals surface area contributed by atoms with E-state index in [1.165, 1.54) is 19.4 Å². The van der Waals surface area contributed by atoms with Crippen LogP contribution in [0.5, 0.6) is 0 Å². The molecule has 80 valence electrons. The largest absolute Gasteiger partial charge is 0.393 e. The molecule has 0 aromatic rings. The van der Waals surface area contributed by atoms with Gasteiger partial charge in [0, 0.05) is 25.2 Å². The SMILES string of the molecule is OC1CCN(C2C3CCC2NC3)CC1. The summed E-state index contributed by atoms with van der Waals surface area (Å²) in [5, 5.41) is 13.1. The summed E-state index contributed by atoms with van der Waals surface area (Å²) in [7, 11) is 0. The Morgan fingerprint density at radius 1 is 1.07 bits per heavy atom. The van der Waals surface area contributed by atoms with Crippen molar-refractivity contribution in [1.82, 2.24) is 10.2 Å². The molecule has 2 N–H and O–H groups in total. The van der Waals surface area contributed by atoms with Gasteiger partial charge in [0.25, 0.3) is 0 Å². The molecule has 0 radical (unpaired) electrons. The maximum Gasteiger partial charge on any atom is 0.0564 e. The van der Waals surface area contributed by atoms with E-state index in [9.17, 15) is 5.11 Å². The standard InChI is InChI=1S/C11H20N2O/c14-9-3-5-13(6-4-9)11-8-1-2-10(11)12-7-8/h8-12,14H,1-7H2. The van der Waals surface area contributed by atoms with Gasteiger partial charge >= 0.3 is 0 Å². The zero-order valence-electron chi connectivity index (χ0n) is 8.65. The molecule has 1 saturated carbocycles. The molecule has 0 spiro atoms. The first-order valence-corrected chi connectivity index (χ1v) is 6.00. The van der Waals surface area contributed by atoms with Crippen LogP contribution in [0.4, 0.5) is 0 Å². The zero-order valence-corrected chi connectivity index (χ0v) is 8.65. The monoisotopic (exact) mass is 196 g/mol. The van der Waals surface area contributed by atoms with E-state index < -0.39 is 0 Å². The van der Waals surface area contributed by atoms with E-state index in [4.69, 9.17) is 0 Å². The number of hydrogen-bond donors (Lipinski definition) is 2. The number of piperidine rings is 2. The second kappa shape index (κ2) is 3.47. The van der Waals surface area contributed by atoms with E-state index in [0.29, 0.717) is 0 Å². The van der Waals surface area contributed by atoms with Crippen LogP contribution in [-0.2, 0) is 0 Å². The topological polar surface area (TPSA) is 35.5 Å². The Kier molecular flexibility index (Phi) is 2.26. The molecule has 3 atom stereocenters. The number of rotatable bonds is 1. The molecule has 3 aliphatic rings. The second-order valence-electron chi connectivity index (χ2n) is 5.11. The molecular formula is C11H20N2O. The van der Waals surface area contributed by atoms with Crippen molar-refractivity contribution in [3.8, 4) is 0 Å². The Hall–Kier alpha value is -0.120. The van der Waals surface area contributed by atoms with Gasteiger partial charge in [-0.05, 0) is 38.1 Å². The molecular weight excluding hydrogens is 176 g/mol. The highest BCUT2D eigenvalue weighted by atomic mass is 16.3. The van der Waals surface area contributed by atoms with Crippen LogP contribution in [-0.4, -0.2) is 47.8 Å². The van der Waals surface area contributed by atoms with Gasteiger partial charge in [0.15, 0.2) is 0 Å². The fourth-order valence-electron chi connectivity index (χ4n) is 3.55. The van der Waals surface area contributed by atoms with Crippen LogP contribution in [0.2, 0.25) is 0 Å². The third-order valence-electron chi connectivity index (χ3n) is 4.31. The quantitative estimate of drug-likeness (QED) is 0.628. The first-order chi connectivity index (χ1) is 6.84. The van der Waals surface area contributed by atoms with Crippen LogP contribution in [0.15, 0.2) is 0 Å². The summed E-state index contributed by atoms with van der Waals surface area (Å²) in [6.07, 6.45) is 4.72. The average Bonchev–Trinajstić information content (AvgIpc) is 2.78. The Morgan fingerprint density at radius 2 is 1.86 bits per heavy atom. The molecule has 2 saturated heterocycles. The minimum absolute atomic E-state index is 0.0294. The third kappa shape index (κ3) is 1.38. The van der Waals surface area contributed by atoms with Gasteiger partial charge in [0.05, 0.1) is 6.10 Å². The summed E-state index contributed by atoms with van der Waals surface area (Å²) in [6.45, 7) is 3.45. The summed E-state index contributed by atoms with van der Waals surface area (Å²) in [4.78, 5) is 2.62. The van der Waals surface area contributed by atoms with Crippen LogP contribution in [0.25, 0.3) is 0 Å². The molecule has 3 nitrogen and oxygen atoms in total. The van der Waals surface area contributed by atoms with Gasteiger partial charge in [-0.1, -0.05) is 0 Å². The van der Waals surface area contributed by atoms with Crippen LogP contribution in [0.3, 0.4) is 0 Å². The molecule has 0 aromatic carbocycles. The highest BCUT2D eigenvalue weighted by molar-refractivity contribution is 5.03. The molecule has 2 bridgehead atoms. The van der Waals surface area contributed by atoms with Crippen molar-refractivity contribution >= 4 is 0 Å². The Morgan fingerprint density at radius 3 is 2.36 bits per heavy atom. The lowest BCUT2D eigenvalue weighted by Gasteiger charge is -2.36. The zero-order chi connectivity index (χ0) is 9.54. The van der Waals surface area contributed by atoms with E-state index in [1.807, 2.05) is 0 Å². The highest BCUT2D eigenvalue weighted by Gasteiger charge is 2.44. The van der Waals surface area contributed by atoms with Gasteiger partial charge in [0.2, 0.25) is 0 Å². The predicted molar refractivity (Wildman–Crippen MR) is 55.1 cm³/mol. The van der Waals surface area contributed by atoms with Crippen LogP contribution in [0, 0.1) is 5.92 Å². The number of aliphatic hydroxyl groups excluding tert-OH is 1. The Bertz CT molecular complexity index is 193. The number of nitrogens with zero attached hydrogens (tertiary/aromatic N) is 1. The molecule has 1 aliphatic carbocycles. The van der Waals surface area contributed by atoms with E-state index >= 15 is 0 Å². The fourth-order valence-corrected chi connectivity index (χ4v) is 3.55. The summed E-state index contributed by atoms with van der Waals surface area (Å²) in [5.41, 5.74) is 0. The van der Waals surface area contributed by atoms with E-state index in [-0.39, 0.29) is 6.10 Å². The van der Waals surface area contributed by atoms with Gasteiger partial charge in [-0.2, -0.15) is 0 Å². The van der Waals surface area contributed by atoms with Crippen LogP contribution >= 0.6 is 0 Å². The fraction of sp³-hybridized carbons (Fsp3) is 1.00. The molecule has 2 aliphatic heterocycles. The van der Waals surface area contributed by atoms with Crippen molar-refractivity contribution in [3.63, 3.8) is 0 Å². The Balaban J connectivity index is 1.65. The summed E-state index contributed by atoms with van der Waals surface area (Å²) >= 11 is 0. The minimum atomic E-state index is -0.0294. The number of nitrogens with one attached hydrogen (secondary N) is 1. The number of fused-ring (bicyclic) bond motifs is 2. The smallest absolute Gasteiger partial charge is 0.0564 e. The number of aliphatic hydroxyl groups is 1. The maximum atomic E-state index is 9.47. The van der Waals surface area contributed by atoms with Crippen molar-refractivity contribution in [2.24, 2.45) is 5.92 Å². The lowest BCUT2D eigenvalue weighted by molar-refractivity contribution is 0.0546.